The van der Waals surface area contributed by atoms with Crippen molar-refractivity contribution in [3.63, 3.8) is 0 Å². The van der Waals surface area contributed by atoms with Gasteiger partial charge >= 0.3 is 18.2 Å². The minimum atomic E-state index is -1.18. The quantitative estimate of drug-likeness (QED) is 0.0341. The molecule has 1 N–H and O–H groups in total. The number of likely N-dealkylation sites (tertiary alicyclic amines) is 1. The van der Waals surface area contributed by atoms with E-state index in [9.17, 15) is 46.3 Å². The van der Waals surface area contributed by atoms with Gasteiger partial charge in [-0.2, -0.15) is 0 Å². The third kappa shape index (κ3) is 34.1. The van der Waals surface area contributed by atoms with Gasteiger partial charge in [0, 0.05) is 175 Å². The fourth-order valence-electron chi connectivity index (χ4n) is 13.7. The van der Waals surface area contributed by atoms with Crippen molar-refractivity contribution in [3.8, 4) is 23.0 Å². The van der Waals surface area contributed by atoms with Crippen LogP contribution in [0.15, 0.2) is 146 Å². The molecule has 0 aliphatic carbocycles. The molecule has 4 saturated heterocycles. The fraction of sp³-hybridized carbons (Fsp3) is 0.489. The number of anilines is 3. The van der Waals surface area contributed by atoms with Crippen LogP contribution in [0, 0.1) is 28.7 Å². The van der Waals surface area contributed by atoms with E-state index in [1.807, 2.05) is 41.5 Å². The molecule has 7 aromatic carbocycles. The van der Waals surface area contributed by atoms with Crippen molar-refractivity contribution in [1.82, 2.24) is 34.3 Å². The van der Waals surface area contributed by atoms with E-state index in [4.69, 9.17) is 68.3 Å². The molecule has 0 atom stereocenters. The maximum Gasteiger partial charge on any atom is 0.410 e. The average Bonchev–Trinajstić information content (AvgIpc) is 0.829. The van der Waals surface area contributed by atoms with Gasteiger partial charge < -0.3 is 72.7 Å². The normalized spacial score (nSPS) is 15.0. The van der Waals surface area contributed by atoms with E-state index in [0.29, 0.717) is 103 Å². The number of hydrogen-bond acceptors (Lipinski definition) is 17. The minimum absolute atomic E-state index is 0.0507. The van der Waals surface area contributed by atoms with Crippen LogP contribution in [0.4, 0.5) is 44.2 Å². The number of amides is 5. The lowest BCUT2D eigenvalue weighted by atomic mass is 9.92. The van der Waals surface area contributed by atoms with Gasteiger partial charge in [0.25, 0.3) is 17.7 Å². The van der Waals surface area contributed by atoms with Gasteiger partial charge in [-0.1, -0.05) is 62.0 Å². The Morgan fingerprint density at radius 1 is 0.347 bits per heavy atom. The zero-order chi connectivity index (χ0) is 90.3. The number of aromatic carboxylic acids is 1. The van der Waals surface area contributed by atoms with Crippen LogP contribution in [0.25, 0.3) is 0 Å². The number of nitrogens with zero attached hydrogens (tertiary/aromatic N) is 10. The first-order valence-electron chi connectivity index (χ1n) is 42.5. The Morgan fingerprint density at radius 2 is 0.597 bits per heavy atom. The lowest BCUT2D eigenvalue weighted by Crippen LogP contribution is -2.50. The molecule has 4 heterocycles. The summed E-state index contributed by atoms with van der Waals surface area (Å²) in [6.07, 6.45) is 7.59. The molecule has 5 amide bonds. The Hall–Kier alpha value is -9.45. The lowest BCUT2D eigenvalue weighted by molar-refractivity contribution is 0.0133. The van der Waals surface area contributed by atoms with Crippen molar-refractivity contribution >= 4 is 87.7 Å². The van der Waals surface area contributed by atoms with Gasteiger partial charge in [0.05, 0.1) is 32.0 Å². The highest BCUT2D eigenvalue weighted by atomic mass is 35.5. The molecule has 11 rings (SSSR count). The lowest BCUT2D eigenvalue weighted by Gasteiger charge is -2.35. The van der Waals surface area contributed by atoms with Crippen molar-refractivity contribution in [3.05, 3.63) is 206 Å². The molecule has 124 heavy (non-hydrogen) atoms. The largest absolute Gasteiger partial charge is 0.490 e. The minimum Gasteiger partial charge on any atom is -0.490 e. The van der Waals surface area contributed by atoms with Gasteiger partial charge in [-0.15, -0.1) is 0 Å². The zero-order valence-corrected chi connectivity index (χ0v) is 76.0. The van der Waals surface area contributed by atoms with E-state index in [1.165, 1.54) is 88.9 Å². The van der Waals surface area contributed by atoms with Crippen LogP contribution < -0.4 is 33.6 Å². The summed E-state index contributed by atoms with van der Waals surface area (Å²) in [5.41, 5.74) is 2.08. The molecule has 4 aliphatic heterocycles. The van der Waals surface area contributed by atoms with Crippen molar-refractivity contribution in [2.24, 2.45) is 5.41 Å². The molecule has 0 saturated carbocycles. The summed E-state index contributed by atoms with van der Waals surface area (Å²) in [7, 11) is 4.92. The highest BCUT2D eigenvalue weighted by molar-refractivity contribution is 6.31. The monoisotopic (exact) mass is 1780 g/mol. The highest BCUT2D eigenvalue weighted by Crippen LogP contribution is 2.29. The highest BCUT2D eigenvalue weighted by Gasteiger charge is 2.29. The summed E-state index contributed by atoms with van der Waals surface area (Å²) in [4.78, 5) is 92.7. The maximum atomic E-state index is 14.6. The number of halogens is 7. The van der Waals surface area contributed by atoms with Gasteiger partial charge in [-0.25, -0.2) is 31.9 Å². The number of ether oxygens (including phenoxy) is 6. The van der Waals surface area contributed by atoms with E-state index < -0.39 is 40.4 Å². The average molecular weight is 1780 g/mol. The number of carboxylic acid groups (broad SMARTS) is 1. The number of piperidine rings is 1. The fourth-order valence-corrected chi connectivity index (χ4v) is 14.1. The third-order valence-electron chi connectivity index (χ3n) is 20.9. The van der Waals surface area contributed by atoms with E-state index >= 15 is 0 Å². The Labute approximate surface area is 743 Å². The predicted molar refractivity (Wildman–Crippen MR) is 481 cm³/mol. The number of benzene rings is 7. The number of hydrogen-bond donors (Lipinski definition) is 1. The number of piperazine rings is 3. The number of rotatable bonds is 29. The molecule has 0 spiro atoms. The van der Waals surface area contributed by atoms with E-state index in [0.717, 1.165) is 117 Å². The number of carbonyl (C=O) groups excluding carboxylic acids is 5. The van der Waals surface area contributed by atoms with Gasteiger partial charge in [0.15, 0.2) is 46.3 Å². The van der Waals surface area contributed by atoms with Crippen LogP contribution in [0.1, 0.15) is 155 Å². The standard InChI is InChI=1S/C27H37ClFN3O2.C26H33ClFN3O4.C22H26ClFN2O2.C19H27FN2O5/c1-27(2,3)12-14-32-17-15-31(16-18-32)13-5-19-34-25-11-6-21(20-24(25)29)26(33)30(4)23-9-7-22(28)8-10-23;1-26(2,3)35-25(33)31-15-13-30(14-16-31)12-5-17-34-23-11-6-19(18-22(23)28)24(32)29(4)21-9-7-20(27)8-10-21;1-25(19-9-7-18(23)8-10-19)22(27)17-6-11-21(20(24)16-17)28-15-5-14-26-12-3-2-4-13-26;1-19(2,3)27-18(25)22-10-8-21(9-11-22)7-4-12-26-16-6-5-14(17(23)24)13-15(16)20/h6-11,20H,5,12-19H2,1-4H3;6-11,18H,5,12-17H2,1-4H3;6-11,16H,2-5,12-15H2,1H3;5-6,13H,4,7-12H2,1-3H3,(H,23,24). The molecule has 0 bridgehead atoms. The van der Waals surface area contributed by atoms with Crippen molar-refractivity contribution < 1.29 is 79.9 Å². The SMILES string of the molecule is CC(C)(C)OC(=O)N1CCN(CCCOc2ccc(C(=O)O)cc2F)CC1.CN(C(=O)c1ccc(OCCCN2CCCCC2)c(F)c1)c1ccc(Cl)cc1.CN(C(=O)c1ccc(OCCCN2CCN(C(=O)OC(C)(C)C)CC2)c(F)c1)c1ccc(Cl)cc1.CN(C(=O)c1ccc(OCCCN2CCN(CCC(C)(C)C)CC2)c(F)c1)c1ccc(Cl)cc1. The summed E-state index contributed by atoms with van der Waals surface area (Å²) in [5, 5.41) is 10.6. The Kier molecular flexibility index (Phi) is 39.4. The first-order valence-corrected chi connectivity index (χ1v) is 43.6. The summed E-state index contributed by atoms with van der Waals surface area (Å²) in [5.74, 6) is -3.87. The molecule has 23 nitrogen and oxygen atoms in total. The second-order valence-electron chi connectivity index (χ2n) is 34.2. The smallest absolute Gasteiger partial charge is 0.410 e. The molecule has 30 heteroatoms. The molecule has 0 unspecified atom stereocenters. The Morgan fingerprint density at radius 3 is 0.855 bits per heavy atom. The number of carbonyl (C=O) groups is 6. The molecule has 7 aromatic rings. The molecule has 4 fully saturated rings. The molecular weight excluding hydrogens is 1660 g/mol. The van der Waals surface area contributed by atoms with Gasteiger partial charge in [-0.05, 0) is 257 Å². The topological polar surface area (TPSA) is 210 Å². The Balaban J connectivity index is 0.000000206. The van der Waals surface area contributed by atoms with Crippen LogP contribution in [-0.4, -0.2) is 258 Å². The van der Waals surface area contributed by atoms with E-state index in [1.54, 1.807) is 122 Å². The van der Waals surface area contributed by atoms with Crippen LogP contribution in [0.3, 0.4) is 0 Å². The first-order chi connectivity index (χ1) is 58.8. The molecule has 676 valence electrons. The Bertz CT molecular complexity index is 4550. The van der Waals surface area contributed by atoms with Crippen molar-refractivity contribution in [2.45, 2.75) is 125 Å². The maximum absolute atomic E-state index is 14.6. The molecule has 4 aliphatic rings. The molecule has 0 radical (unpaired) electrons. The second kappa shape index (κ2) is 48.9. The first kappa shape index (κ1) is 100.0. The van der Waals surface area contributed by atoms with Crippen molar-refractivity contribution in [2.75, 3.05) is 187 Å². The molecular formula is C94H123Cl3F4N10O13. The summed E-state index contributed by atoms with van der Waals surface area (Å²) >= 11 is 17.7. The number of carboxylic acids is 1. The van der Waals surface area contributed by atoms with E-state index in [2.05, 4.69) is 45.3 Å². The zero-order valence-electron chi connectivity index (χ0n) is 73.7. The molecule has 0 aromatic heterocycles. The summed E-state index contributed by atoms with van der Waals surface area (Å²) < 4.78 is 90.4. The van der Waals surface area contributed by atoms with Crippen molar-refractivity contribution in [1.29, 1.82) is 0 Å². The van der Waals surface area contributed by atoms with Gasteiger partial charge in [0.2, 0.25) is 0 Å². The van der Waals surface area contributed by atoms with Crippen LogP contribution in [-0.2, 0) is 9.47 Å². The van der Waals surface area contributed by atoms with Crippen LogP contribution in [0.5, 0.6) is 23.0 Å². The van der Waals surface area contributed by atoms with E-state index in [-0.39, 0.29) is 75.2 Å². The summed E-state index contributed by atoms with van der Waals surface area (Å²) in [6.45, 7) is 36.3. The second-order valence-corrected chi connectivity index (χ2v) is 35.5. The third-order valence-corrected chi connectivity index (χ3v) is 21.7. The summed E-state index contributed by atoms with van der Waals surface area (Å²) in [6, 6.07) is 37.2. The van der Waals surface area contributed by atoms with Crippen LogP contribution >= 0.6 is 34.8 Å². The van der Waals surface area contributed by atoms with Gasteiger partial charge in [0.1, 0.15) is 11.2 Å². The predicted octanol–water partition coefficient (Wildman–Crippen LogP) is 18.5. The van der Waals surface area contributed by atoms with Gasteiger partial charge in [-0.3, -0.25) is 24.2 Å². The van der Waals surface area contributed by atoms with Crippen LogP contribution in [0.2, 0.25) is 15.1 Å².